The van der Waals surface area contributed by atoms with E-state index >= 15 is 0 Å². The predicted molar refractivity (Wildman–Crippen MR) is 233 cm³/mol. The first-order chi connectivity index (χ1) is 27.7. The Hall–Kier alpha value is -7.49. The first-order valence-corrected chi connectivity index (χ1v) is 18.9. The smallest absolute Gasteiger partial charge is 0.164 e. The minimum atomic E-state index is 0.628. The SMILES string of the molecule is c1ccc(-c2cccc(-c3nc(-c4ccc5cc(-c6ccccc6)ccc5c4)nc(-c4ccccc4-c4ccc(-c5cccc6ccccc56)cc4)n3)c2)cc1. The molecule has 0 aliphatic heterocycles. The van der Waals surface area contributed by atoms with Crippen LogP contribution in [0.3, 0.4) is 0 Å². The maximum absolute atomic E-state index is 5.22. The summed E-state index contributed by atoms with van der Waals surface area (Å²) in [4.78, 5) is 15.6. The van der Waals surface area contributed by atoms with Gasteiger partial charge >= 0.3 is 0 Å². The van der Waals surface area contributed by atoms with E-state index in [4.69, 9.17) is 15.0 Å². The van der Waals surface area contributed by atoms with Crippen molar-refractivity contribution in [3.63, 3.8) is 0 Å². The Balaban J connectivity index is 1.09. The zero-order valence-corrected chi connectivity index (χ0v) is 30.5. The third-order valence-electron chi connectivity index (χ3n) is 10.5. The molecule has 0 aliphatic rings. The van der Waals surface area contributed by atoms with Gasteiger partial charge in [-0.1, -0.05) is 194 Å². The highest BCUT2D eigenvalue weighted by Crippen LogP contribution is 2.36. The molecule has 1 heterocycles. The van der Waals surface area contributed by atoms with Crippen molar-refractivity contribution in [1.29, 1.82) is 0 Å². The van der Waals surface area contributed by atoms with Crippen LogP contribution in [0, 0.1) is 0 Å². The van der Waals surface area contributed by atoms with Crippen molar-refractivity contribution < 1.29 is 0 Å². The Kier molecular flexibility index (Phi) is 8.51. The highest BCUT2D eigenvalue weighted by molar-refractivity contribution is 5.97. The summed E-state index contributed by atoms with van der Waals surface area (Å²) < 4.78 is 0. The highest BCUT2D eigenvalue weighted by atomic mass is 15.0. The van der Waals surface area contributed by atoms with Gasteiger partial charge in [0, 0.05) is 16.7 Å². The van der Waals surface area contributed by atoms with Gasteiger partial charge < -0.3 is 0 Å². The number of nitrogens with zero attached hydrogens (tertiary/aromatic N) is 3. The molecule has 56 heavy (non-hydrogen) atoms. The molecule has 9 aromatic carbocycles. The Morgan fingerprint density at radius 3 is 1.36 bits per heavy atom. The van der Waals surface area contributed by atoms with Crippen LogP contribution in [0.5, 0.6) is 0 Å². The van der Waals surface area contributed by atoms with E-state index in [0.29, 0.717) is 17.5 Å². The molecular formula is C53H35N3. The Morgan fingerprint density at radius 1 is 0.214 bits per heavy atom. The summed E-state index contributed by atoms with van der Waals surface area (Å²) >= 11 is 0. The number of hydrogen-bond acceptors (Lipinski definition) is 3. The Morgan fingerprint density at radius 2 is 0.643 bits per heavy atom. The van der Waals surface area contributed by atoms with E-state index in [1.165, 1.54) is 33.0 Å². The van der Waals surface area contributed by atoms with E-state index in [9.17, 15) is 0 Å². The minimum Gasteiger partial charge on any atom is -0.208 e. The molecule has 1 aromatic heterocycles. The van der Waals surface area contributed by atoms with Gasteiger partial charge in [0.05, 0.1) is 0 Å². The van der Waals surface area contributed by atoms with Gasteiger partial charge in [-0.25, -0.2) is 15.0 Å². The number of benzene rings is 9. The summed E-state index contributed by atoms with van der Waals surface area (Å²) in [5.74, 6) is 1.89. The molecular weight excluding hydrogens is 679 g/mol. The van der Waals surface area contributed by atoms with Gasteiger partial charge in [0.2, 0.25) is 0 Å². The van der Waals surface area contributed by atoms with Crippen molar-refractivity contribution in [2.75, 3.05) is 0 Å². The lowest BCUT2D eigenvalue weighted by atomic mass is 9.94. The van der Waals surface area contributed by atoms with E-state index in [1.807, 2.05) is 12.1 Å². The number of rotatable bonds is 7. The molecule has 0 atom stereocenters. The van der Waals surface area contributed by atoms with Crippen LogP contribution in [0.15, 0.2) is 212 Å². The molecule has 0 unspecified atom stereocenters. The highest BCUT2D eigenvalue weighted by Gasteiger charge is 2.17. The molecule has 3 heteroatoms. The summed E-state index contributed by atoms with van der Waals surface area (Å²) in [7, 11) is 0. The monoisotopic (exact) mass is 713 g/mol. The van der Waals surface area contributed by atoms with Crippen LogP contribution in [0.4, 0.5) is 0 Å². The maximum Gasteiger partial charge on any atom is 0.164 e. The number of hydrogen-bond donors (Lipinski definition) is 0. The molecule has 0 spiro atoms. The third-order valence-corrected chi connectivity index (χ3v) is 10.5. The van der Waals surface area contributed by atoms with Crippen LogP contribution in [-0.4, -0.2) is 15.0 Å². The Labute approximate surface area is 326 Å². The summed E-state index contributed by atoms with van der Waals surface area (Å²) in [6.07, 6.45) is 0. The van der Waals surface area contributed by atoms with E-state index in [2.05, 4.69) is 200 Å². The van der Waals surface area contributed by atoms with Crippen LogP contribution in [0.2, 0.25) is 0 Å². The van der Waals surface area contributed by atoms with Gasteiger partial charge in [0.1, 0.15) is 0 Å². The molecule has 262 valence electrons. The second-order valence-corrected chi connectivity index (χ2v) is 14.0. The second-order valence-electron chi connectivity index (χ2n) is 14.0. The van der Waals surface area contributed by atoms with Gasteiger partial charge in [-0.15, -0.1) is 0 Å². The van der Waals surface area contributed by atoms with E-state index in [0.717, 1.165) is 49.7 Å². The number of aromatic nitrogens is 3. The topological polar surface area (TPSA) is 38.7 Å². The fourth-order valence-electron chi connectivity index (χ4n) is 7.65. The average Bonchev–Trinajstić information content (AvgIpc) is 3.29. The lowest BCUT2D eigenvalue weighted by molar-refractivity contribution is 1.07. The van der Waals surface area contributed by atoms with Gasteiger partial charge in [-0.3, -0.25) is 0 Å². The van der Waals surface area contributed by atoms with E-state index in [-0.39, 0.29) is 0 Å². The van der Waals surface area contributed by atoms with Gasteiger partial charge in [0.15, 0.2) is 17.5 Å². The van der Waals surface area contributed by atoms with E-state index in [1.54, 1.807) is 0 Å². The predicted octanol–water partition coefficient (Wildman–Crippen LogP) is 13.8. The first kappa shape index (κ1) is 33.1. The first-order valence-electron chi connectivity index (χ1n) is 18.9. The largest absolute Gasteiger partial charge is 0.208 e. The van der Waals surface area contributed by atoms with Crippen molar-refractivity contribution in [2.24, 2.45) is 0 Å². The molecule has 3 nitrogen and oxygen atoms in total. The summed E-state index contributed by atoms with van der Waals surface area (Å²) in [6, 6.07) is 74.7. The van der Waals surface area contributed by atoms with Crippen molar-refractivity contribution in [2.45, 2.75) is 0 Å². The van der Waals surface area contributed by atoms with Gasteiger partial charge in [-0.05, 0) is 84.3 Å². The normalized spacial score (nSPS) is 11.2. The van der Waals surface area contributed by atoms with Crippen molar-refractivity contribution >= 4 is 21.5 Å². The van der Waals surface area contributed by atoms with Crippen molar-refractivity contribution in [3.05, 3.63) is 212 Å². The zero-order chi connectivity index (χ0) is 37.3. The third kappa shape index (κ3) is 6.42. The zero-order valence-electron chi connectivity index (χ0n) is 30.5. The average molecular weight is 714 g/mol. The fraction of sp³-hybridized carbons (Fsp3) is 0. The molecule has 0 saturated carbocycles. The second kappa shape index (κ2) is 14.4. The summed E-state index contributed by atoms with van der Waals surface area (Å²) in [6.45, 7) is 0. The quantitative estimate of drug-likeness (QED) is 0.165. The molecule has 0 radical (unpaired) electrons. The lowest BCUT2D eigenvalue weighted by Gasteiger charge is -2.13. The maximum atomic E-state index is 5.22. The fourth-order valence-corrected chi connectivity index (χ4v) is 7.65. The molecule has 0 fully saturated rings. The standard InChI is InChI=1S/C53H35N3/c1-3-13-36(14-4-1)41-19-11-20-45(34-41)51-54-52(46-32-31-43-33-42(29-30-44(43)35-46)37-15-5-2-6-16-37)56-53(55-51)50-23-10-9-22-49(50)40-27-25-39(26-28-40)48-24-12-18-38-17-7-8-21-47(38)48/h1-35H. The van der Waals surface area contributed by atoms with Crippen LogP contribution >= 0.6 is 0 Å². The molecule has 0 saturated heterocycles. The minimum absolute atomic E-state index is 0.628. The van der Waals surface area contributed by atoms with Gasteiger partial charge in [-0.2, -0.15) is 0 Å². The molecule has 0 amide bonds. The number of fused-ring (bicyclic) bond motifs is 2. The van der Waals surface area contributed by atoms with E-state index < -0.39 is 0 Å². The van der Waals surface area contributed by atoms with Gasteiger partial charge in [0.25, 0.3) is 0 Å². The van der Waals surface area contributed by atoms with Crippen LogP contribution in [0.1, 0.15) is 0 Å². The molecule has 10 rings (SSSR count). The summed E-state index contributed by atoms with van der Waals surface area (Å²) in [5, 5.41) is 4.77. The van der Waals surface area contributed by atoms with Crippen LogP contribution in [-0.2, 0) is 0 Å². The van der Waals surface area contributed by atoms with Crippen molar-refractivity contribution in [1.82, 2.24) is 15.0 Å². The Bertz CT molecular complexity index is 3000. The molecule has 10 aromatic rings. The molecule has 0 aliphatic carbocycles. The summed E-state index contributed by atoms with van der Waals surface area (Å²) in [5.41, 5.74) is 12.0. The molecule has 0 N–H and O–H groups in total. The van der Waals surface area contributed by atoms with Crippen molar-refractivity contribution in [3.8, 4) is 78.7 Å². The van der Waals surface area contributed by atoms with Crippen LogP contribution < -0.4 is 0 Å². The van der Waals surface area contributed by atoms with Crippen LogP contribution in [0.25, 0.3) is 100 Å². The molecule has 0 bridgehead atoms. The lowest BCUT2D eigenvalue weighted by Crippen LogP contribution is -2.01.